The van der Waals surface area contributed by atoms with E-state index in [9.17, 15) is 0 Å². The summed E-state index contributed by atoms with van der Waals surface area (Å²) in [7, 11) is 0. The standard InChI is InChI=1S/C13H9ClN4O/c14-9-6-5-8(15)7-12(9)19-13-16-10-3-1-2-4-11(10)17-18-13/h1-7H,15H2. The van der Waals surface area contributed by atoms with E-state index >= 15 is 0 Å². The zero-order chi connectivity index (χ0) is 13.2. The van der Waals surface area contributed by atoms with Crippen molar-refractivity contribution in [1.29, 1.82) is 0 Å². The lowest BCUT2D eigenvalue weighted by Crippen LogP contribution is -1.96. The van der Waals surface area contributed by atoms with E-state index in [0.29, 0.717) is 27.5 Å². The molecule has 0 aliphatic heterocycles. The van der Waals surface area contributed by atoms with Crippen molar-refractivity contribution in [2.75, 3.05) is 5.73 Å². The first kappa shape index (κ1) is 11.7. The normalized spacial score (nSPS) is 10.6. The van der Waals surface area contributed by atoms with Crippen LogP contribution >= 0.6 is 11.6 Å². The van der Waals surface area contributed by atoms with Crippen molar-refractivity contribution in [2.24, 2.45) is 0 Å². The largest absolute Gasteiger partial charge is 0.422 e. The highest BCUT2D eigenvalue weighted by atomic mass is 35.5. The highest BCUT2D eigenvalue weighted by Crippen LogP contribution is 2.29. The van der Waals surface area contributed by atoms with E-state index in [0.717, 1.165) is 0 Å². The van der Waals surface area contributed by atoms with Crippen LogP contribution in [0.15, 0.2) is 42.5 Å². The van der Waals surface area contributed by atoms with Gasteiger partial charge in [0.2, 0.25) is 0 Å². The van der Waals surface area contributed by atoms with Gasteiger partial charge in [-0.05, 0) is 24.3 Å². The number of nitrogens with zero attached hydrogens (tertiary/aromatic N) is 3. The Bertz CT molecular complexity index is 748. The van der Waals surface area contributed by atoms with Crippen LogP contribution in [0.3, 0.4) is 0 Å². The van der Waals surface area contributed by atoms with E-state index < -0.39 is 0 Å². The van der Waals surface area contributed by atoms with Crippen molar-refractivity contribution in [1.82, 2.24) is 15.2 Å². The van der Waals surface area contributed by atoms with E-state index in [4.69, 9.17) is 22.1 Å². The summed E-state index contributed by atoms with van der Waals surface area (Å²) in [4.78, 5) is 4.25. The molecule has 0 saturated heterocycles. The molecule has 3 rings (SSSR count). The van der Waals surface area contributed by atoms with Gasteiger partial charge in [-0.25, -0.2) is 0 Å². The van der Waals surface area contributed by atoms with E-state index in [1.165, 1.54) is 0 Å². The van der Waals surface area contributed by atoms with E-state index in [2.05, 4.69) is 15.2 Å². The Morgan fingerprint density at radius 3 is 2.63 bits per heavy atom. The van der Waals surface area contributed by atoms with E-state index in [1.54, 1.807) is 18.2 Å². The molecule has 3 aromatic rings. The molecule has 0 saturated carbocycles. The Morgan fingerprint density at radius 1 is 1.00 bits per heavy atom. The number of para-hydroxylation sites is 1. The summed E-state index contributed by atoms with van der Waals surface area (Å²) in [6, 6.07) is 12.5. The molecular formula is C13H9ClN4O. The van der Waals surface area contributed by atoms with Crippen LogP contribution < -0.4 is 10.5 Å². The number of nitrogen functional groups attached to an aromatic ring is 1. The summed E-state index contributed by atoms with van der Waals surface area (Å²) in [6.45, 7) is 0. The molecule has 0 bridgehead atoms. The maximum atomic E-state index is 6.01. The van der Waals surface area contributed by atoms with Gasteiger partial charge in [-0.1, -0.05) is 28.8 Å². The third-order valence-electron chi connectivity index (χ3n) is 2.50. The molecule has 0 radical (unpaired) electrons. The maximum absolute atomic E-state index is 6.01. The number of benzene rings is 2. The Hall–Kier alpha value is -2.40. The van der Waals surface area contributed by atoms with Gasteiger partial charge in [0.1, 0.15) is 5.52 Å². The van der Waals surface area contributed by atoms with Crippen LogP contribution in [-0.2, 0) is 0 Å². The van der Waals surface area contributed by atoms with Gasteiger partial charge in [0.15, 0.2) is 5.75 Å². The molecule has 19 heavy (non-hydrogen) atoms. The second-order valence-corrected chi connectivity index (χ2v) is 4.28. The van der Waals surface area contributed by atoms with Gasteiger partial charge in [-0.3, -0.25) is 0 Å². The molecule has 0 aliphatic rings. The lowest BCUT2D eigenvalue weighted by molar-refractivity contribution is 0.437. The van der Waals surface area contributed by atoms with Crippen LogP contribution in [0, 0.1) is 0 Å². The lowest BCUT2D eigenvalue weighted by Gasteiger charge is -2.06. The molecule has 0 spiro atoms. The molecule has 0 aliphatic carbocycles. The molecule has 94 valence electrons. The Kier molecular flexibility index (Phi) is 2.89. The van der Waals surface area contributed by atoms with Crippen molar-refractivity contribution >= 4 is 28.3 Å². The summed E-state index contributed by atoms with van der Waals surface area (Å²) in [5.74, 6) is 0.402. The fraction of sp³-hybridized carbons (Fsp3) is 0. The third kappa shape index (κ3) is 2.41. The molecule has 2 aromatic carbocycles. The predicted molar refractivity (Wildman–Crippen MR) is 73.3 cm³/mol. The number of ether oxygens (including phenoxy) is 1. The fourth-order valence-electron chi connectivity index (χ4n) is 1.61. The molecule has 6 heteroatoms. The minimum atomic E-state index is 0.131. The molecule has 2 N–H and O–H groups in total. The Morgan fingerprint density at radius 2 is 1.79 bits per heavy atom. The zero-order valence-electron chi connectivity index (χ0n) is 9.75. The SMILES string of the molecule is Nc1ccc(Cl)c(Oc2nnc3ccccc3n2)c1. The van der Waals surface area contributed by atoms with Crippen molar-refractivity contribution in [3.05, 3.63) is 47.5 Å². The Labute approximate surface area is 114 Å². The molecular weight excluding hydrogens is 264 g/mol. The average Bonchev–Trinajstić information content (AvgIpc) is 2.43. The van der Waals surface area contributed by atoms with Gasteiger partial charge in [0.25, 0.3) is 0 Å². The second-order valence-electron chi connectivity index (χ2n) is 3.88. The van der Waals surface area contributed by atoms with Crippen LogP contribution in [0.1, 0.15) is 0 Å². The topological polar surface area (TPSA) is 73.9 Å². The van der Waals surface area contributed by atoms with Crippen molar-refractivity contribution in [2.45, 2.75) is 0 Å². The number of aromatic nitrogens is 3. The van der Waals surface area contributed by atoms with Crippen molar-refractivity contribution < 1.29 is 4.74 Å². The smallest absolute Gasteiger partial charge is 0.341 e. The van der Waals surface area contributed by atoms with Gasteiger partial charge in [0.05, 0.1) is 10.5 Å². The summed E-state index contributed by atoms with van der Waals surface area (Å²) in [5.41, 5.74) is 7.63. The molecule has 0 fully saturated rings. The van der Waals surface area contributed by atoms with Gasteiger partial charge < -0.3 is 10.5 Å². The van der Waals surface area contributed by atoms with Gasteiger partial charge >= 0.3 is 6.01 Å². The zero-order valence-corrected chi connectivity index (χ0v) is 10.5. The highest BCUT2D eigenvalue weighted by Gasteiger charge is 2.07. The molecule has 0 unspecified atom stereocenters. The minimum Gasteiger partial charge on any atom is -0.422 e. The van der Waals surface area contributed by atoms with Gasteiger partial charge in [-0.2, -0.15) is 4.98 Å². The number of rotatable bonds is 2. The first-order valence-electron chi connectivity index (χ1n) is 5.55. The average molecular weight is 273 g/mol. The van der Waals surface area contributed by atoms with Crippen molar-refractivity contribution in [3.8, 4) is 11.8 Å². The second kappa shape index (κ2) is 4.70. The van der Waals surface area contributed by atoms with E-state index in [1.807, 2.05) is 24.3 Å². The van der Waals surface area contributed by atoms with Crippen LogP contribution in [0.2, 0.25) is 5.02 Å². The minimum absolute atomic E-state index is 0.131. The molecule has 5 nitrogen and oxygen atoms in total. The quantitative estimate of drug-likeness (QED) is 0.726. The molecule has 0 amide bonds. The lowest BCUT2D eigenvalue weighted by atomic mass is 10.3. The summed E-state index contributed by atoms with van der Waals surface area (Å²) in [6.07, 6.45) is 0. The third-order valence-corrected chi connectivity index (χ3v) is 2.81. The van der Waals surface area contributed by atoms with Crippen LogP contribution in [-0.4, -0.2) is 15.2 Å². The first-order chi connectivity index (χ1) is 9.22. The Balaban J connectivity index is 1.98. The van der Waals surface area contributed by atoms with Crippen LogP contribution in [0.4, 0.5) is 5.69 Å². The van der Waals surface area contributed by atoms with Crippen LogP contribution in [0.5, 0.6) is 11.8 Å². The number of nitrogens with two attached hydrogens (primary N) is 1. The van der Waals surface area contributed by atoms with Gasteiger partial charge in [-0.15, -0.1) is 5.10 Å². The van der Waals surface area contributed by atoms with Crippen molar-refractivity contribution in [3.63, 3.8) is 0 Å². The fourth-order valence-corrected chi connectivity index (χ4v) is 1.76. The maximum Gasteiger partial charge on any atom is 0.341 e. The number of halogens is 1. The summed E-state index contributed by atoms with van der Waals surface area (Å²) < 4.78 is 5.50. The first-order valence-corrected chi connectivity index (χ1v) is 5.92. The summed E-state index contributed by atoms with van der Waals surface area (Å²) >= 11 is 6.01. The monoisotopic (exact) mass is 272 g/mol. The van der Waals surface area contributed by atoms with E-state index in [-0.39, 0.29) is 6.01 Å². The number of hydrogen-bond acceptors (Lipinski definition) is 5. The number of anilines is 1. The number of hydrogen-bond donors (Lipinski definition) is 1. The number of fused-ring (bicyclic) bond motifs is 1. The van der Waals surface area contributed by atoms with Crippen LogP contribution in [0.25, 0.3) is 11.0 Å². The molecule has 1 heterocycles. The molecule has 0 atom stereocenters. The molecule has 1 aromatic heterocycles. The van der Waals surface area contributed by atoms with Gasteiger partial charge in [0, 0.05) is 11.8 Å². The predicted octanol–water partition coefficient (Wildman–Crippen LogP) is 3.05. The summed E-state index contributed by atoms with van der Waals surface area (Å²) in [5, 5.41) is 8.34. The highest BCUT2D eigenvalue weighted by molar-refractivity contribution is 6.32.